The highest BCUT2D eigenvalue weighted by atomic mass is 16.5. The number of carboxylic acids is 1. The third kappa shape index (κ3) is 5.59. The van der Waals surface area contributed by atoms with Crippen molar-refractivity contribution in [1.82, 2.24) is 5.32 Å². The number of methoxy groups -OCH3 is 1. The third-order valence-electron chi connectivity index (χ3n) is 2.58. The highest BCUT2D eigenvalue weighted by molar-refractivity contribution is 5.85. The number of nitrogens with one attached hydrogen (secondary N) is 1. The molecule has 0 heterocycles. The molecule has 0 saturated carbocycles. The SMILES string of the molecule is COc1cc(C=CC(=O)O)cc(C#CCCNC(C)=O)c1O. The lowest BCUT2D eigenvalue weighted by Crippen LogP contribution is -2.20. The Morgan fingerprint density at radius 1 is 1.41 bits per heavy atom. The van der Waals surface area contributed by atoms with E-state index in [2.05, 4.69) is 17.2 Å². The molecule has 1 rings (SSSR count). The predicted molar refractivity (Wildman–Crippen MR) is 81.5 cm³/mol. The number of aliphatic carboxylic acids is 1. The molecule has 1 aromatic carbocycles. The van der Waals surface area contributed by atoms with Crippen molar-refractivity contribution in [2.75, 3.05) is 13.7 Å². The Morgan fingerprint density at radius 2 is 2.14 bits per heavy atom. The van der Waals surface area contributed by atoms with Gasteiger partial charge in [0.2, 0.25) is 5.91 Å². The fourth-order valence-corrected chi connectivity index (χ4v) is 1.60. The van der Waals surface area contributed by atoms with Gasteiger partial charge in [0.1, 0.15) is 0 Å². The van der Waals surface area contributed by atoms with Crippen molar-refractivity contribution >= 4 is 18.0 Å². The first-order valence-electron chi connectivity index (χ1n) is 6.49. The first-order valence-corrected chi connectivity index (χ1v) is 6.49. The van der Waals surface area contributed by atoms with Gasteiger partial charge in [-0.05, 0) is 23.8 Å². The summed E-state index contributed by atoms with van der Waals surface area (Å²) in [4.78, 5) is 21.3. The highest BCUT2D eigenvalue weighted by Gasteiger charge is 2.08. The maximum Gasteiger partial charge on any atom is 0.328 e. The van der Waals surface area contributed by atoms with Crippen molar-refractivity contribution in [2.24, 2.45) is 0 Å². The van der Waals surface area contributed by atoms with E-state index in [1.54, 1.807) is 6.07 Å². The second-order valence-corrected chi connectivity index (χ2v) is 4.33. The maximum absolute atomic E-state index is 10.7. The van der Waals surface area contributed by atoms with Crippen LogP contribution in [0.2, 0.25) is 0 Å². The average Bonchev–Trinajstić information content (AvgIpc) is 2.46. The second kappa shape index (κ2) is 8.37. The molecule has 3 N–H and O–H groups in total. The average molecular weight is 303 g/mol. The topological polar surface area (TPSA) is 95.9 Å². The van der Waals surface area contributed by atoms with E-state index in [1.165, 1.54) is 26.2 Å². The van der Waals surface area contributed by atoms with Crippen LogP contribution in [0.3, 0.4) is 0 Å². The Kier molecular flexibility index (Phi) is 6.51. The summed E-state index contributed by atoms with van der Waals surface area (Å²) >= 11 is 0. The summed E-state index contributed by atoms with van der Waals surface area (Å²) in [5, 5.41) is 21.2. The molecule has 0 unspecified atom stereocenters. The molecule has 1 aromatic rings. The van der Waals surface area contributed by atoms with E-state index in [0.717, 1.165) is 6.08 Å². The number of aromatic hydroxyl groups is 1. The van der Waals surface area contributed by atoms with Crippen molar-refractivity contribution in [3.63, 3.8) is 0 Å². The Bertz CT molecular complexity index is 652. The van der Waals surface area contributed by atoms with Crippen molar-refractivity contribution in [3.05, 3.63) is 29.3 Å². The van der Waals surface area contributed by atoms with E-state index in [4.69, 9.17) is 9.84 Å². The van der Waals surface area contributed by atoms with Gasteiger partial charge < -0.3 is 20.3 Å². The number of carbonyl (C=O) groups is 2. The van der Waals surface area contributed by atoms with E-state index in [0.29, 0.717) is 24.1 Å². The van der Waals surface area contributed by atoms with Gasteiger partial charge in [-0.25, -0.2) is 4.79 Å². The minimum atomic E-state index is -1.07. The molecule has 0 aliphatic carbocycles. The quantitative estimate of drug-likeness (QED) is 0.434. The molecule has 0 fully saturated rings. The summed E-state index contributed by atoms with van der Waals surface area (Å²) in [6.07, 6.45) is 2.79. The summed E-state index contributed by atoms with van der Waals surface area (Å²) < 4.78 is 5.04. The lowest BCUT2D eigenvalue weighted by molar-refractivity contribution is -0.131. The van der Waals surface area contributed by atoms with Gasteiger partial charge in [-0.2, -0.15) is 0 Å². The van der Waals surface area contributed by atoms with E-state index in [1.807, 2.05) is 0 Å². The van der Waals surface area contributed by atoms with Crippen LogP contribution >= 0.6 is 0 Å². The van der Waals surface area contributed by atoms with E-state index < -0.39 is 5.97 Å². The normalized spacial score (nSPS) is 9.91. The first-order chi connectivity index (χ1) is 10.4. The number of ether oxygens (including phenoxy) is 1. The fraction of sp³-hybridized carbons (Fsp3) is 0.250. The molecule has 0 aliphatic rings. The largest absolute Gasteiger partial charge is 0.503 e. The minimum absolute atomic E-state index is 0.109. The Morgan fingerprint density at radius 3 is 2.73 bits per heavy atom. The molecule has 6 nitrogen and oxygen atoms in total. The number of phenolic OH excluding ortho intramolecular Hbond substituents is 1. The molecular formula is C16H17NO5. The molecule has 0 radical (unpaired) electrons. The van der Waals surface area contributed by atoms with Gasteiger partial charge in [0.05, 0.1) is 12.7 Å². The Labute approximate surface area is 128 Å². The summed E-state index contributed by atoms with van der Waals surface area (Å²) in [7, 11) is 1.40. The summed E-state index contributed by atoms with van der Waals surface area (Å²) in [5.41, 5.74) is 0.871. The van der Waals surface area contributed by atoms with Crippen LogP contribution in [0.4, 0.5) is 0 Å². The summed E-state index contributed by atoms with van der Waals surface area (Å²) in [5.74, 6) is 4.49. The van der Waals surface area contributed by atoms with E-state index in [9.17, 15) is 14.7 Å². The number of carboxylic acid groups (broad SMARTS) is 1. The zero-order chi connectivity index (χ0) is 16.5. The molecule has 6 heteroatoms. The molecule has 116 valence electrons. The number of hydrogen-bond donors (Lipinski definition) is 3. The molecule has 22 heavy (non-hydrogen) atoms. The standard InChI is InChI=1S/C16H17NO5/c1-11(18)17-8-4-3-5-13-9-12(6-7-15(19)20)10-14(22-2)16(13)21/h6-7,9-10,21H,4,8H2,1-2H3,(H,17,18)(H,19,20). The number of hydrogen-bond acceptors (Lipinski definition) is 4. The molecule has 0 spiro atoms. The zero-order valence-corrected chi connectivity index (χ0v) is 12.3. The van der Waals surface area contributed by atoms with Crippen LogP contribution in [0.1, 0.15) is 24.5 Å². The van der Waals surface area contributed by atoms with Crippen molar-refractivity contribution < 1.29 is 24.5 Å². The van der Waals surface area contributed by atoms with Crippen LogP contribution in [0, 0.1) is 11.8 Å². The van der Waals surface area contributed by atoms with Gasteiger partial charge in [0, 0.05) is 26.0 Å². The molecule has 0 aliphatic heterocycles. The molecule has 0 bridgehead atoms. The molecule has 0 atom stereocenters. The summed E-state index contributed by atoms with van der Waals surface area (Å²) in [6, 6.07) is 3.07. The lowest BCUT2D eigenvalue weighted by Gasteiger charge is -2.06. The predicted octanol–water partition coefficient (Wildman–Crippen LogP) is 1.38. The zero-order valence-electron chi connectivity index (χ0n) is 12.3. The molecular weight excluding hydrogens is 286 g/mol. The molecule has 0 saturated heterocycles. The first kappa shape index (κ1) is 17.1. The number of benzene rings is 1. The monoisotopic (exact) mass is 303 g/mol. The maximum atomic E-state index is 10.7. The van der Waals surface area contributed by atoms with Crippen LogP contribution in [0.5, 0.6) is 11.5 Å². The Hall–Kier alpha value is -2.94. The van der Waals surface area contributed by atoms with Gasteiger partial charge in [0.15, 0.2) is 11.5 Å². The van der Waals surface area contributed by atoms with Crippen LogP contribution in [-0.2, 0) is 9.59 Å². The summed E-state index contributed by atoms with van der Waals surface area (Å²) in [6.45, 7) is 1.83. The van der Waals surface area contributed by atoms with Gasteiger partial charge in [-0.3, -0.25) is 4.79 Å². The van der Waals surface area contributed by atoms with Gasteiger partial charge in [-0.15, -0.1) is 0 Å². The third-order valence-corrected chi connectivity index (χ3v) is 2.58. The fourth-order valence-electron chi connectivity index (χ4n) is 1.60. The molecule has 0 aromatic heterocycles. The number of amides is 1. The van der Waals surface area contributed by atoms with E-state index >= 15 is 0 Å². The molecule has 1 amide bonds. The van der Waals surface area contributed by atoms with Crippen molar-refractivity contribution in [1.29, 1.82) is 0 Å². The lowest BCUT2D eigenvalue weighted by atomic mass is 10.1. The van der Waals surface area contributed by atoms with E-state index in [-0.39, 0.29) is 17.4 Å². The van der Waals surface area contributed by atoms with Crippen LogP contribution in [0.25, 0.3) is 6.08 Å². The number of phenols is 1. The second-order valence-electron chi connectivity index (χ2n) is 4.33. The van der Waals surface area contributed by atoms with Crippen molar-refractivity contribution in [3.8, 4) is 23.3 Å². The van der Waals surface area contributed by atoms with Crippen LogP contribution < -0.4 is 10.1 Å². The van der Waals surface area contributed by atoms with Gasteiger partial charge >= 0.3 is 5.97 Å². The van der Waals surface area contributed by atoms with Gasteiger partial charge in [0.25, 0.3) is 0 Å². The van der Waals surface area contributed by atoms with Crippen LogP contribution in [-0.4, -0.2) is 35.7 Å². The van der Waals surface area contributed by atoms with Crippen LogP contribution in [0.15, 0.2) is 18.2 Å². The number of carbonyl (C=O) groups excluding carboxylic acids is 1. The van der Waals surface area contributed by atoms with Gasteiger partial charge in [-0.1, -0.05) is 11.8 Å². The Balaban J connectivity index is 2.97. The van der Waals surface area contributed by atoms with Crippen molar-refractivity contribution in [2.45, 2.75) is 13.3 Å². The smallest absolute Gasteiger partial charge is 0.328 e. The highest BCUT2D eigenvalue weighted by Crippen LogP contribution is 2.31. The number of rotatable bonds is 5. The minimum Gasteiger partial charge on any atom is -0.503 e.